The van der Waals surface area contributed by atoms with Crippen LogP contribution in [0.4, 0.5) is 5.69 Å². The molecule has 3 N–H and O–H groups in total. The van der Waals surface area contributed by atoms with E-state index in [9.17, 15) is 8.42 Å². The number of fused-ring (bicyclic) bond motifs is 1. The van der Waals surface area contributed by atoms with Crippen molar-refractivity contribution in [3.8, 4) is 11.3 Å². The number of benzene rings is 1. The van der Waals surface area contributed by atoms with Crippen LogP contribution in [0.5, 0.6) is 0 Å². The highest BCUT2D eigenvalue weighted by atomic mass is 127. The molecule has 0 saturated carbocycles. The van der Waals surface area contributed by atoms with Crippen LogP contribution in [-0.2, 0) is 19.6 Å². The number of rotatable bonds is 8. The van der Waals surface area contributed by atoms with E-state index < -0.39 is 10.0 Å². The molecule has 0 spiro atoms. The molecule has 1 aromatic carbocycles. The molecule has 1 aliphatic rings. The van der Waals surface area contributed by atoms with Crippen LogP contribution in [0.1, 0.15) is 5.56 Å². The lowest BCUT2D eigenvalue weighted by atomic mass is 10.1. The summed E-state index contributed by atoms with van der Waals surface area (Å²) in [5, 5.41) is 8.31. The standard InChI is InChI=1S/C20H24IN7O4S/c1-33(29,30)26-16-10-14(17-12-28-19(24-17)3-2-4-23-28)9-15(11-16)20(22)25-32-18(21)13-27-5-7-31-8-6-27/h2-4,9-12,18,26H,5-8,13H2,1H3,(H2,22,25). The fraction of sp³-hybridized carbons (Fsp3) is 0.350. The summed E-state index contributed by atoms with van der Waals surface area (Å²) >= 11 is 2.17. The Morgan fingerprint density at radius 2 is 2.15 bits per heavy atom. The average Bonchev–Trinajstić information content (AvgIpc) is 3.21. The molecule has 0 amide bonds. The summed E-state index contributed by atoms with van der Waals surface area (Å²) < 4.78 is 32.9. The Balaban J connectivity index is 1.59. The second kappa shape index (κ2) is 10.2. The summed E-state index contributed by atoms with van der Waals surface area (Å²) in [7, 11) is -3.50. The number of nitrogens with zero attached hydrogens (tertiary/aromatic N) is 5. The second-order valence-corrected chi connectivity index (χ2v) is 10.7. The quantitative estimate of drug-likeness (QED) is 0.134. The molecule has 33 heavy (non-hydrogen) atoms. The summed E-state index contributed by atoms with van der Waals surface area (Å²) in [6, 6.07) is 8.68. The van der Waals surface area contributed by atoms with Gasteiger partial charge in [-0.25, -0.2) is 17.9 Å². The van der Waals surface area contributed by atoms with Crippen LogP contribution in [0.25, 0.3) is 16.9 Å². The third-order valence-electron chi connectivity index (χ3n) is 4.84. The summed E-state index contributed by atoms with van der Waals surface area (Å²) in [4.78, 5) is 12.4. The van der Waals surface area contributed by atoms with Gasteiger partial charge in [0.05, 0.1) is 31.4 Å². The maximum Gasteiger partial charge on any atom is 0.229 e. The van der Waals surface area contributed by atoms with Crippen molar-refractivity contribution in [1.29, 1.82) is 0 Å². The molecule has 2 aromatic heterocycles. The Morgan fingerprint density at radius 1 is 1.36 bits per heavy atom. The van der Waals surface area contributed by atoms with E-state index >= 15 is 0 Å². The molecule has 1 unspecified atom stereocenters. The molecule has 4 rings (SSSR count). The number of morpholine rings is 1. The number of halogens is 1. The molecule has 1 atom stereocenters. The Bertz CT molecular complexity index is 1230. The minimum Gasteiger partial charge on any atom is -0.380 e. The van der Waals surface area contributed by atoms with Gasteiger partial charge in [-0.1, -0.05) is 5.16 Å². The van der Waals surface area contributed by atoms with E-state index in [0.29, 0.717) is 47.9 Å². The van der Waals surface area contributed by atoms with E-state index in [2.05, 4.69) is 47.5 Å². The normalized spacial score (nSPS) is 16.6. The molecule has 1 saturated heterocycles. The highest BCUT2D eigenvalue weighted by Crippen LogP contribution is 2.25. The number of nitrogens with two attached hydrogens (primary N) is 1. The number of oxime groups is 1. The van der Waals surface area contributed by atoms with Crippen molar-refractivity contribution in [2.75, 3.05) is 43.8 Å². The smallest absolute Gasteiger partial charge is 0.229 e. The van der Waals surface area contributed by atoms with Crippen molar-refractivity contribution in [2.24, 2.45) is 10.9 Å². The van der Waals surface area contributed by atoms with Crippen LogP contribution in [0.15, 0.2) is 47.9 Å². The van der Waals surface area contributed by atoms with E-state index in [0.717, 1.165) is 19.3 Å². The fourth-order valence-electron chi connectivity index (χ4n) is 3.35. The molecule has 3 aromatic rings. The number of nitrogens with one attached hydrogen (secondary N) is 1. The second-order valence-electron chi connectivity index (χ2n) is 7.53. The Hall–Kier alpha value is -2.49. The predicted molar refractivity (Wildman–Crippen MR) is 134 cm³/mol. The van der Waals surface area contributed by atoms with Crippen LogP contribution >= 0.6 is 22.6 Å². The van der Waals surface area contributed by atoms with Gasteiger partial charge in [0.25, 0.3) is 0 Å². The number of amidine groups is 1. The number of anilines is 1. The molecule has 3 heterocycles. The van der Waals surface area contributed by atoms with Crippen LogP contribution in [-0.4, -0.2) is 77.0 Å². The number of ether oxygens (including phenoxy) is 1. The lowest BCUT2D eigenvalue weighted by molar-refractivity contribution is 0.0174. The Morgan fingerprint density at radius 3 is 2.88 bits per heavy atom. The van der Waals surface area contributed by atoms with Gasteiger partial charge in [-0.3, -0.25) is 9.62 Å². The van der Waals surface area contributed by atoms with Crippen LogP contribution < -0.4 is 10.5 Å². The van der Waals surface area contributed by atoms with Gasteiger partial charge in [0, 0.05) is 42.6 Å². The van der Waals surface area contributed by atoms with E-state index in [4.69, 9.17) is 15.3 Å². The molecule has 13 heteroatoms. The number of imidazole rings is 1. The van der Waals surface area contributed by atoms with Crippen molar-refractivity contribution in [2.45, 2.75) is 4.11 Å². The Labute approximate surface area is 205 Å². The van der Waals surface area contributed by atoms with Gasteiger partial charge in [0.2, 0.25) is 10.0 Å². The van der Waals surface area contributed by atoms with Crippen LogP contribution in [0.3, 0.4) is 0 Å². The largest absolute Gasteiger partial charge is 0.380 e. The molecular formula is C20H24IN7O4S. The van der Waals surface area contributed by atoms with Crippen molar-refractivity contribution in [1.82, 2.24) is 19.5 Å². The lowest BCUT2D eigenvalue weighted by Gasteiger charge is -2.27. The number of sulfonamides is 1. The van der Waals surface area contributed by atoms with E-state index in [-0.39, 0.29) is 9.95 Å². The number of aromatic nitrogens is 3. The first kappa shape index (κ1) is 23.7. The van der Waals surface area contributed by atoms with E-state index in [1.54, 1.807) is 41.2 Å². The average molecular weight is 585 g/mol. The molecule has 176 valence electrons. The maximum atomic E-state index is 11.8. The molecule has 11 nitrogen and oxygen atoms in total. The summed E-state index contributed by atoms with van der Waals surface area (Å²) in [5.41, 5.74) is 8.97. The summed E-state index contributed by atoms with van der Waals surface area (Å²) in [6.45, 7) is 3.79. The van der Waals surface area contributed by atoms with Gasteiger partial charge in [-0.05, 0) is 52.9 Å². The molecular weight excluding hydrogens is 561 g/mol. The topological polar surface area (TPSA) is 136 Å². The molecule has 0 aliphatic carbocycles. The van der Waals surface area contributed by atoms with Crippen LogP contribution in [0, 0.1) is 0 Å². The zero-order chi connectivity index (χ0) is 23.4. The van der Waals surface area contributed by atoms with Crippen molar-refractivity contribution < 1.29 is 18.0 Å². The van der Waals surface area contributed by atoms with Gasteiger partial charge in [0.15, 0.2) is 15.6 Å². The first-order valence-corrected chi connectivity index (χ1v) is 13.3. The monoisotopic (exact) mass is 585 g/mol. The zero-order valence-corrected chi connectivity index (χ0v) is 20.9. The van der Waals surface area contributed by atoms with Crippen molar-refractivity contribution in [3.63, 3.8) is 0 Å². The molecule has 0 bridgehead atoms. The first-order valence-electron chi connectivity index (χ1n) is 10.1. The van der Waals surface area contributed by atoms with E-state index in [1.165, 1.54) is 0 Å². The highest BCUT2D eigenvalue weighted by Gasteiger charge is 2.16. The highest BCUT2D eigenvalue weighted by molar-refractivity contribution is 14.1. The SMILES string of the molecule is CS(=O)(=O)Nc1cc(/C(N)=N/OC(I)CN2CCOCC2)cc(-c2cn3ncccc3n2)c1. The van der Waals surface area contributed by atoms with E-state index in [1.807, 2.05) is 6.07 Å². The van der Waals surface area contributed by atoms with Gasteiger partial charge in [0.1, 0.15) is 0 Å². The van der Waals surface area contributed by atoms with Crippen LogP contribution in [0.2, 0.25) is 0 Å². The number of alkyl halides is 1. The van der Waals surface area contributed by atoms with Gasteiger partial charge in [-0.2, -0.15) is 5.10 Å². The Kier molecular flexibility index (Phi) is 7.31. The molecule has 0 radical (unpaired) electrons. The first-order chi connectivity index (χ1) is 15.8. The summed E-state index contributed by atoms with van der Waals surface area (Å²) in [5.74, 6) is 0.124. The fourth-order valence-corrected chi connectivity index (χ4v) is 4.57. The zero-order valence-electron chi connectivity index (χ0n) is 17.9. The maximum absolute atomic E-state index is 11.8. The van der Waals surface area contributed by atoms with Gasteiger partial charge in [-0.15, -0.1) is 0 Å². The summed E-state index contributed by atoms with van der Waals surface area (Å²) in [6.07, 6.45) is 4.50. The lowest BCUT2D eigenvalue weighted by Crippen LogP contribution is -2.40. The van der Waals surface area contributed by atoms with Crippen molar-refractivity contribution >= 4 is 49.8 Å². The minimum atomic E-state index is -3.50. The third kappa shape index (κ3) is 6.52. The van der Waals surface area contributed by atoms with Crippen molar-refractivity contribution in [3.05, 3.63) is 48.3 Å². The predicted octanol–water partition coefficient (Wildman–Crippen LogP) is 1.50. The van der Waals surface area contributed by atoms with Gasteiger partial charge < -0.3 is 15.3 Å². The third-order valence-corrected chi connectivity index (χ3v) is 6.06. The number of hydrogen-bond donors (Lipinski definition) is 2. The molecule has 1 fully saturated rings. The molecule has 1 aliphatic heterocycles. The minimum absolute atomic E-state index is 0.124. The van der Waals surface area contributed by atoms with Gasteiger partial charge >= 0.3 is 0 Å². The number of hydrogen-bond acceptors (Lipinski definition) is 8.